The van der Waals surface area contributed by atoms with Crippen molar-refractivity contribution >= 4 is 28.8 Å². The summed E-state index contributed by atoms with van der Waals surface area (Å²) >= 11 is 1.89. The van der Waals surface area contributed by atoms with E-state index in [4.69, 9.17) is 0 Å². The number of hydrogen-bond donors (Lipinski definition) is 0. The normalized spacial score (nSPS) is 13.2. The van der Waals surface area contributed by atoms with Crippen LogP contribution in [0.4, 0.5) is 17.1 Å². The second-order valence-electron chi connectivity index (χ2n) is 11.0. The molecule has 0 aliphatic carbocycles. The summed E-state index contributed by atoms with van der Waals surface area (Å²) in [5, 5.41) is 0. The van der Waals surface area contributed by atoms with Gasteiger partial charge in [-0.1, -0.05) is 141 Å². The average Bonchev–Trinajstić information content (AvgIpc) is 3.03. The number of anilines is 3. The zero-order chi connectivity index (χ0) is 27.8. The molecule has 1 heterocycles. The third-order valence-corrected chi connectivity index (χ3v) is 9.36. The second kappa shape index (κ2) is 10.5. The molecule has 0 fully saturated rings. The van der Waals surface area contributed by atoms with E-state index in [1.165, 1.54) is 48.9 Å². The molecule has 7 rings (SSSR count). The van der Waals surface area contributed by atoms with Gasteiger partial charge in [-0.3, -0.25) is 0 Å². The summed E-state index contributed by atoms with van der Waals surface area (Å²) in [6.45, 7) is 4.70. The Hall–Kier alpha value is -4.53. The fourth-order valence-corrected chi connectivity index (χ4v) is 7.42. The van der Waals surface area contributed by atoms with Crippen LogP contribution in [0.5, 0.6) is 0 Å². The van der Waals surface area contributed by atoms with Crippen molar-refractivity contribution in [3.8, 4) is 22.3 Å². The number of fused-ring (bicyclic) bond motifs is 2. The van der Waals surface area contributed by atoms with E-state index in [2.05, 4.69) is 170 Å². The second-order valence-corrected chi connectivity index (χ2v) is 12.1. The molecule has 6 aromatic carbocycles. The maximum Gasteiger partial charge on any atom is 0.0604 e. The largest absolute Gasteiger partial charge is 0.309 e. The molecule has 0 aromatic heterocycles. The first-order valence-corrected chi connectivity index (χ1v) is 14.9. The molecule has 1 nitrogen and oxygen atoms in total. The van der Waals surface area contributed by atoms with Gasteiger partial charge in [0.05, 0.1) is 5.69 Å². The van der Waals surface area contributed by atoms with Gasteiger partial charge >= 0.3 is 0 Å². The molecule has 6 aromatic rings. The van der Waals surface area contributed by atoms with Crippen molar-refractivity contribution < 1.29 is 0 Å². The topological polar surface area (TPSA) is 3.24 Å². The van der Waals surface area contributed by atoms with Gasteiger partial charge in [0.1, 0.15) is 0 Å². The van der Waals surface area contributed by atoms with Crippen LogP contribution in [0.3, 0.4) is 0 Å². The van der Waals surface area contributed by atoms with Crippen molar-refractivity contribution in [3.05, 3.63) is 163 Å². The third kappa shape index (κ3) is 4.65. The van der Waals surface area contributed by atoms with E-state index < -0.39 is 0 Å². The zero-order valence-corrected chi connectivity index (χ0v) is 24.1. The lowest BCUT2D eigenvalue weighted by Crippen LogP contribution is -2.25. The quantitative estimate of drug-likeness (QED) is 0.212. The van der Waals surface area contributed by atoms with Gasteiger partial charge in [-0.2, -0.15) is 0 Å². The van der Waals surface area contributed by atoms with Crippen LogP contribution in [0.2, 0.25) is 0 Å². The van der Waals surface area contributed by atoms with Gasteiger partial charge in [-0.05, 0) is 69.8 Å². The first-order chi connectivity index (χ1) is 20.1. The first-order valence-electron chi connectivity index (χ1n) is 14.1. The molecule has 41 heavy (non-hydrogen) atoms. The minimum Gasteiger partial charge on any atom is -0.309 e. The van der Waals surface area contributed by atoms with E-state index in [-0.39, 0.29) is 5.41 Å². The third-order valence-electron chi connectivity index (χ3n) is 8.15. The lowest BCUT2D eigenvalue weighted by Gasteiger charge is -2.37. The summed E-state index contributed by atoms with van der Waals surface area (Å²) in [6, 6.07) is 54.7. The van der Waals surface area contributed by atoms with Crippen LogP contribution in [0.15, 0.2) is 161 Å². The minimum atomic E-state index is -0.0901. The minimum absolute atomic E-state index is 0.0901. The highest BCUT2D eigenvalue weighted by Gasteiger charge is 2.35. The van der Waals surface area contributed by atoms with Gasteiger partial charge in [0.15, 0.2) is 0 Å². The molecule has 198 valence electrons. The summed E-state index contributed by atoms with van der Waals surface area (Å²) in [4.78, 5) is 5.06. The van der Waals surface area contributed by atoms with Crippen LogP contribution in [0.25, 0.3) is 22.3 Å². The zero-order valence-electron chi connectivity index (χ0n) is 23.3. The Labute approximate surface area is 247 Å². The predicted octanol–water partition coefficient (Wildman–Crippen LogP) is 11.3. The number of nitrogens with zero attached hydrogens (tertiary/aromatic N) is 1. The Balaban J connectivity index is 1.37. The van der Waals surface area contributed by atoms with Crippen LogP contribution in [0.1, 0.15) is 25.0 Å². The van der Waals surface area contributed by atoms with Crippen LogP contribution in [0, 0.1) is 0 Å². The molecule has 0 atom stereocenters. The van der Waals surface area contributed by atoms with Gasteiger partial charge in [0.25, 0.3) is 0 Å². The molecule has 0 spiro atoms. The first kappa shape index (κ1) is 25.4. The van der Waals surface area contributed by atoms with Gasteiger partial charge in [-0.15, -0.1) is 0 Å². The van der Waals surface area contributed by atoms with Gasteiger partial charge in [0.2, 0.25) is 0 Å². The molecule has 0 radical (unpaired) electrons. The summed E-state index contributed by atoms with van der Waals surface area (Å²) in [5.41, 5.74) is 11.0. The van der Waals surface area contributed by atoms with Crippen LogP contribution in [-0.2, 0) is 5.41 Å². The van der Waals surface area contributed by atoms with Crippen molar-refractivity contribution in [1.82, 2.24) is 0 Å². The summed E-state index contributed by atoms with van der Waals surface area (Å²) in [5.74, 6) is 0. The highest BCUT2D eigenvalue weighted by molar-refractivity contribution is 7.99. The highest BCUT2D eigenvalue weighted by Crippen LogP contribution is 2.54. The Kier molecular flexibility index (Phi) is 6.49. The Morgan fingerprint density at radius 2 is 0.902 bits per heavy atom. The molecule has 0 bridgehead atoms. The standard InChI is InChI=1S/C39H31NS/c1-39(2)34-16-9-10-19-37(34)41-38-35(39)17-11-18-36(38)40(32-24-20-30(21-25-32)28-12-5-3-6-13-28)33-26-22-31(23-27-33)29-14-7-4-8-15-29/h3-27H,1-2H3. The number of hydrogen-bond acceptors (Lipinski definition) is 2. The van der Waals surface area contributed by atoms with E-state index >= 15 is 0 Å². The fourth-order valence-electron chi connectivity index (χ4n) is 5.92. The van der Waals surface area contributed by atoms with Gasteiger partial charge < -0.3 is 4.90 Å². The van der Waals surface area contributed by atoms with Gasteiger partial charge in [0, 0.05) is 26.6 Å². The molecule has 1 aliphatic rings. The Morgan fingerprint density at radius 1 is 0.439 bits per heavy atom. The summed E-state index contributed by atoms with van der Waals surface area (Å²) in [6.07, 6.45) is 0. The maximum atomic E-state index is 2.42. The SMILES string of the molecule is CC1(C)c2ccccc2Sc2c(N(c3ccc(-c4ccccc4)cc3)c3ccc(-c4ccccc4)cc3)cccc21. The smallest absolute Gasteiger partial charge is 0.0604 e. The van der Waals surface area contributed by atoms with Crippen molar-refractivity contribution in [2.24, 2.45) is 0 Å². The molecule has 2 heteroatoms. The van der Waals surface area contributed by atoms with Crippen molar-refractivity contribution in [2.45, 2.75) is 29.1 Å². The monoisotopic (exact) mass is 545 g/mol. The van der Waals surface area contributed by atoms with Crippen molar-refractivity contribution in [3.63, 3.8) is 0 Å². The van der Waals surface area contributed by atoms with E-state index in [0.717, 1.165) is 11.4 Å². The molecule has 0 N–H and O–H groups in total. The van der Waals surface area contributed by atoms with Crippen LogP contribution in [-0.4, -0.2) is 0 Å². The maximum absolute atomic E-state index is 2.42. The Bertz CT molecular complexity index is 1720. The molecule has 0 amide bonds. The fraction of sp³-hybridized carbons (Fsp3) is 0.0769. The summed E-state index contributed by atoms with van der Waals surface area (Å²) in [7, 11) is 0. The molecule has 0 unspecified atom stereocenters. The molecule has 0 saturated carbocycles. The van der Waals surface area contributed by atoms with Crippen molar-refractivity contribution in [2.75, 3.05) is 4.90 Å². The lowest BCUT2D eigenvalue weighted by molar-refractivity contribution is 0.607. The molecule has 1 aliphatic heterocycles. The van der Waals surface area contributed by atoms with Crippen LogP contribution >= 0.6 is 11.8 Å². The van der Waals surface area contributed by atoms with Gasteiger partial charge in [-0.25, -0.2) is 0 Å². The number of benzene rings is 6. The van der Waals surface area contributed by atoms with Crippen LogP contribution < -0.4 is 4.90 Å². The lowest BCUT2D eigenvalue weighted by atomic mass is 9.77. The number of rotatable bonds is 5. The predicted molar refractivity (Wildman–Crippen MR) is 175 cm³/mol. The molecule has 0 saturated heterocycles. The average molecular weight is 546 g/mol. The van der Waals surface area contributed by atoms with Crippen molar-refractivity contribution in [1.29, 1.82) is 0 Å². The highest BCUT2D eigenvalue weighted by atomic mass is 32.2. The Morgan fingerprint density at radius 3 is 1.46 bits per heavy atom. The molecular weight excluding hydrogens is 515 g/mol. The van der Waals surface area contributed by atoms with E-state index in [1.807, 2.05) is 11.8 Å². The van der Waals surface area contributed by atoms with E-state index in [0.29, 0.717) is 0 Å². The van der Waals surface area contributed by atoms with E-state index in [9.17, 15) is 0 Å². The summed E-state index contributed by atoms with van der Waals surface area (Å²) < 4.78 is 0. The van der Waals surface area contributed by atoms with E-state index in [1.54, 1.807) is 0 Å². The molecular formula is C39H31NS.